The highest BCUT2D eigenvalue weighted by molar-refractivity contribution is 14.0. The molecule has 0 aliphatic carbocycles. The van der Waals surface area contributed by atoms with Gasteiger partial charge in [-0.3, -0.25) is 4.99 Å². The fraction of sp³-hybridized carbons (Fsp3) is 0.474. The average molecular weight is 473 g/mol. The van der Waals surface area contributed by atoms with Gasteiger partial charge >= 0.3 is 6.03 Å². The Bertz CT molecular complexity index is 572. The van der Waals surface area contributed by atoms with E-state index in [9.17, 15) is 4.79 Å². The maximum Gasteiger partial charge on any atom is 0.319 e. The molecule has 7 heteroatoms. The van der Waals surface area contributed by atoms with E-state index < -0.39 is 0 Å². The Labute approximate surface area is 174 Å². The summed E-state index contributed by atoms with van der Waals surface area (Å²) >= 11 is 0. The van der Waals surface area contributed by atoms with Crippen molar-refractivity contribution in [1.29, 1.82) is 0 Å². The average Bonchev–Trinajstić information content (AvgIpc) is 2.56. The number of halogens is 1. The summed E-state index contributed by atoms with van der Waals surface area (Å²) in [7, 11) is 3.81. The fourth-order valence-electron chi connectivity index (χ4n) is 2.28. The molecule has 0 fully saturated rings. The molecule has 0 saturated carbocycles. The molecule has 26 heavy (non-hydrogen) atoms. The maximum absolute atomic E-state index is 11.7. The lowest BCUT2D eigenvalue weighted by Gasteiger charge is -2.22. The summed E-state index contributed by atoms with van der Waals surface area (Å²) in [6, 6.07) is 7.69. The van der Waals surface area contributed by atoms with Gasteiger partial charge in [0.2, 0.25) is 0 Å². The summed E-state index contributed by atoms with van der Waals surface area (Å²) < 4.78 is 0. The van der Waals surface area contributed by atoms with Crippen molar-refractivity contribution in [3.63, 3.8) is 0 Å². The molecule has 0 spiro atoms. The Balaban J connectivity index is 0.00000625. The highest BCUT2D eigenvalue weighted by Gasteiger charge is 2.06. The lowest BCUT2D eigenvalue weighted by Crippen LogP contribution is -2.38. The van der Waals surface area contributed by atoms with Crippen molar-refractivity contribution in [3.8, 4) is 0 Å². The Morgan fingerprint density at radius 1 is 1.31 bits per heavy atom. The van der Waals surface area contributed by atoms with E-state index >= 15 is 0 Å². The Hall–Kier alpha value is -1.77. The number of carbonyl (C=O) groups excluding carboxylic acids is 1. The normalized spacial score (nSPS) is 10.7. The molecule has 6 nitrogen and oxygen atoms in total. The molecule has 3 N–H and O–H groups in total. The predicted octanol–water partition coefficient (Wildman–Crippen LogP) is 3.81. The molecule has 146 valence electrons. The number of benzene rings is 1. The van der Waals surface area contributed by atoms with Crippen LogP contribution in [0.5, 0.6) is 0 Å². The maximum atomic E-state index is 11.7. The highest BCUT2D eigenvalue weighted by atomic mass is 127. The molecular weight excluding hydrogens is 441 g/mol. The first-order chi connectivity index (χ1) is 12.0. The molecule has 1 aromatic carbocycles. The van der Waals surface area contributed by atoms with Crippen LogP contribution >= 0.6 is 24.0 Å². The van der Waals surface area contributed by atoms with E-state index in [4.69, 9.17) is 0 Å². The third kappa shape index (κ3) is 9.65. The third-order valence-electron chi connectivity index (χ3n) is 3.56. The number of carbonyl (C=O) groups is 1. The summed E-state index contributed by atoms with van der Waals surface area (Å²) in [6.45, 7) is 9.20. The molecule has 0 aliphatic heterocycles. The Kier molecular flexibility index (Phi) is 12.5. The number of amides is 2. The number of nitrogens with one attached hydrogen (secondary N) is 3. The minimum absolute atomic E-state index is 0. The summed E-state index contributed by atoms with van der Waals surface area (Å²) in [5.41, 5.74) is 1.89. The second-order valence-corrected chi connectivity index (χ2v) is 6.20. The number of unbranched alkanes of at least 4 members (excludes halogenated alkanes) is 1. The van der Waals surface area contributed by atoms with Gasteiger partial charge in [0.25, 0.3) is 0 Å². The third-order valence-corrected chi connectivity index (χ3v) is 3.56. The summed E-state index contributed by atoms with van der Waals surface area (Å²) in [5.74, 6) is 0.863. The lowest BCUT2D eigenvalue weighted by molar-refractivity contribution is 0.250. The van der Waals surface area contributed by atoms with Crippen LogP contribution in [0.2, 0.25) is 0 Å². The van der Waals surface area contributed by atoms with Crippen molar-refractivity contribution >= 4 is 41.7 Å². The topological polar surface area (TPSA) is 68.8 Å². The molecule has 2 amide bonds. The zero-order valence-electron chi connectivity index (χ0n) is 16.2. The molecule has 0 heterocycles. The number of allylic oxidation sites excluding steroid dienone is 1. The van der Waals surface area contributed by atoms with Gasteiger partial charge in [0.1, 0.15) is 0 Å². The molecule has 1 aromatic rings. The van der Waals surface area contributed by atoms with Gasteiger partial charge in [-0.15, -0.1) is 30.6 Å². The van der Waals surface area contributed by atoms with Gasteiger partial charge in [0.15, 0.2) is 5.96 Å². The van der Waals surface area contributed by atoms with Crippen LogP contribution in [-0.4, -0.2) is 43.6 Å². The fourth-order valence-corrected chi connectivity index (χ4v) is 2.28. The van der Waals surface area contributed by atoms with Crippen molar-refractivity contribution in [2.24, 2.45) is 4.99 Å². The van der Waals surface area contributed by atoms with Crippen molar-refractivity contribution in [2.45, 2.75) is 39.3 Å². The van der Waals surface area contributed by atoms with E-state index in [1.54, 1.807) is 7.05 Å². The summed E-state index contributed by atoms with van der Waals surface area (Å²) in [6.07, 6.45) is 3.99. The first-order valence-corrected chi connectivity index (χ1v) is 8.65. The van der Waals surface area contributed by atoms with E-state index in [0.717, 1.165) is 36.6 Å². The second-order valence-electron chi connectivity index (χ2n) is 6.20. The van der Waals surface area contributed by atoms with E-state index in [0.29, 0.717) is 6.54 Å². The number of guanidine groups is 1. The quantitative estimate of drug-likeness (QED) is 0.177. The van der Waals surface area contributed by atoms with Crippen LogP contribution in [0, 0.1) is 0 Å². The molecule has 0 unspecified atom stereocenters. The molecule has 0 bridgehead atoms. The van der Waals surface area contributed by atoms with Crippen LogP contribution in [-0.2, 0) is 6.54 Å². The second kappa shape index (κ2) is 13.4. The van der Waals surface area contributed by atoms with Gasteiger partial charge in [-0.25, -0.2) is 4.79 Å². The van der Waals surface area contributed by atoms with Gasteiger partial charge in [0, 0.05) is 38.9 Å². The van der Waals surface area contributed by atoms with Crippen LogP contribution in [0.1, 0.15) is 32.3 Å². The zero-order chi connectivity index (χ0) is 18.7. The van der Waals surface area contributed by atoms with Crippen molar-refractivity contribution in [3.05, 3.63) is 42.5 Å². The number of nitrogens with zero attached hydrogens (tertiary/aromatic N) is 2. The summed E-state index contributed by atoms with van der Waals surface area (Å²) in [4.78, 5) is 18.1. The lowest BCUT2D eigenvalue weighted by atomic mass is 10.2. The Morgan fingerprint density at radius 2 is 1.96 bits per heavy atom. The summed E-state index contributed by atoms with van der Waals surface area (Å²) in [5, 5.41) is 8.96. The van der Waals surface area contributed by atoms with E-state index in [1.807, 2.05) is 51.2 Å². The molecule has 0 aromatic heterocycles. The molecule has 0 radical (unpaired) electrons. The van der Waals surface area contributed by atoms with Crippen molar-refractivity contribution in [2.75, 3.05) is 26.0 Å². The monoisotopic (exact) mass is 473 g/mol. The number of hydrogen-bond acceptors (Lipinski definition) is 2. The number of aliphatic imine (C=N–C) groups is 1. The smallest absolute Gasteiger partial charge is 0.319 e. The molecule has 1 rings (SSSR count). The van der Waals surface area contributed by atoms with Gasteiger partial charge in [-0.05, 0) is 44.4 Å². The van der Waals surface area contributed by atoms with E-state index in [1.165, 1.54) is 0 Å². The SMILES string of the molecule is C=CCCCN(C)C(=NC)NCc1ccc(NC(=O)NC(C)C)cc1.I. The first kappa shape index (κ1) is 24.2. The number of urea groups is 1. The van der Waals surface area contributed by atoms with Gasteiger partial charge in [-0.2, -0.15) is 0 Å². The largest absolute Gasteiger partial charge is 0.352 e. The predicted molar refractivity (Wildman–Crippen MR) is 121 cm³/mol. The molecule has 0 aliphatic rings. The molecule has 0 saturated heterocycles. The number of rotatable bonds is 8. The van der Waals surface area contributed by atoms with Gasteiger partial charge in [-0.1, -0.05) is 18.2 Å². The Morgan fingerprint density at radius 3 is 2.50 bits per heavy atom. The first-order valence-electron chi connectivity index (χ1n) is 8.65. The van der Waals surface area contributed by atoms with Crippen LogP contribution in [0.25, 0.3) is 0 Å². The minimum Gasteiger partial charge on any atom is -0.352 e. The van der Waals surface area contributed by atoms with Gasteiger partial charge < -0.3 is 20.9 Å². The van der Waals surface area contributed by atoms with Gasteiger partial charge in [0.05, 0.1) is 0 Å². The number of hydrogen-bond donors (Lipinski definition) is 3. The number of anilines is 1. The van der Waals surface area contributed by atoms with Crippen molar-refractivity contribution < 1.29 is 4.79 Å². The zero-order valence-corrected chi connectivity index (χ0v) is 18.5. The minimum atomic E-state index is -0.192. The van der Waals surface area contributed by atoms with E-state index in [2.05, 4.69) is 32.4 Å². The van der Waals surface area contributed by atoms with Crippen LogP contribution < -0.4 is 16.0 Å². The standard InChI is InChI=1S/C19H31N5O.HI/c1-6-7-8-13-24(5)18(20-4)21-14-16-9-11-17(12-10-16)23-19(25)22-15(2)3;/h6,9-12,15H,1,7-8,13-14H2,2-5H3,(H,20,21)(H2,22,23,25);1H. The molecular formula is C19H32IN5O. The van der Waals surface area contributed by atoms with Crippen LogP contribution in [0.3, 0.4) is 0 Å². The molecule has 0 atom stereocenters. The van der Waals surface area contributed by atoms with Crippen LogP contribution in [0.4, 0.5) is 10.5 Å². The van der Waals surface area contributed by atoms with Crippen LogP contribution in [0.15, 0.2) is 41.9 Å². The van der Waals surface area contributed by atoms with Crippen molar-refractivity contribution in [1.82, 2.24) is 15.5 Å². The highest BCUT2D eigenvalue weighted by Crippen LogP contribution is 2.09. The van der Waals surface area contributed by atoms with E-state index in [-0.39, 0.29) is 36.0 Å².